The van der Waals surface area contributed by atoms with Gasteiger partial charge in [-0.25, -0.2) is 4.39 Å². The van der Waals surface area contributed by atoms with Gasteiger partial charge in [-0.05, 0) is 63.9 Å². The quantitative estimate of drug-likeness (QED) is 0.219. The van der Waals surface area contributed by atoms with Crippen LogP contribution in [0.3, 0.4) is 0 Å². The van der Waals surface area contributed by atoms with Gasteiger partial charge < -0.3 is 9.05 Å². The van der Waals surface area contributed by atoms with Crippen LogP contribution in [0.15, 0.2) is 42.5 Å². The number of alkyl halides is 3. The van der Waals surface area contributed by atoms with Crippen molar-refractivity contribution in [2.24, 2.45) is 0 Å². The van der Waals surface area contributed by atoms with E-state index in [9.17, 15) is 22.1 Å². The van der Waals surface area contributed by atoms with Gasteiger partial charge in [-0.15, -0.1) is 11.3 Å². The summed E-state index contributed by atoms with van der Waals surface area (Å²) in [4.78, 5) is 0.459. The summed E-state index contributed by atoms with van der Waals surface area (Å²) >= 11 is 7.92. The Kier molecular flexibility index (Phi) is 7.97. The molecular formula is C23H24ClF4O3PS. The molecule has 1 heterocycles. The molecule has 0 N–H and O–H groups in total. The third-order valence-corrected chi connectivity index (χ3v) is 9.29. The molecule has 0 saturated carbocycles. The maximum atomic E-state index is 14.1. The highest BCUT2D eigenvalue weighted by molar-refractivity contribution is 7.54. The summed E-state index contributed by atoms with van der Waals surface area (Å²) in [6.45, 7) is 6.74. The van der Waals surface area contributed by atoms with Gasteiger partial charge in [0, 0.05) is 15.0 Å². The highest BCUT2D eigenvalue weighted by Gasteiger charge is 2.42. The standard InChI is InChI=1S/C23H24ClF4O3PS/c1-13(2)30-32(29,31-14(3)4)19(22-21(24)18-7-5-6-8-20(18)33-22)11-15-9-16(23(26,27)28)12-17(25)10-15/h5-10,12-14,19H,11H2,1-4H3. The van der Waals surface area contributed by atoms with Crippen LogP contribution in [0.2, 0.25) is 5.02 Å². The normalized spacial score (nSPS) is 13.9. The second kappa shape index (κ2) is 10.0. The van der Waals surface area contributed by atoms with Gasteiger partial charge in [-0.1, -0.05) is 29.8 Å². The van der Waals surface area contributed by atoms with Crippen LogP contribution >= 0.6 is 30.5 Å². The largest absolute Gasteiger partial charge is 0.416 e. The van der Waals surface area contributed by atoms with Crippen LogP contribution in [-0.4, -0.2) is 12.2 Å². The average Bonchev–Trinajstić information content (AvgIpc) is 3.00. The van der Waals surface area contributed by atoms with Crippen LogP contribution in [0, 0.1) is 5.82 Å². The van der Waals surface area contributed by atoms with E-state index in [2.05, 4.69) is 0 Å². The Morgan fingerprint density at radius 2 is 1.64 bits per heavy atom. The third-order valence-electron chi connectivity index (χ3n) is 4.67. The fourth-order valence-corrected chi connectivity index (χ4v) is 8.05. The summed E-state index contributed by atoms with van der Waals surface area (Å²) in [5.74, 6) is -1.04. The van der Waals surface area contributed by atoms with Crippen molar-refractivity contribution in [1.29, 1.82) is 0 Å². The van der Waals surface area contributed by atoms with Gasteiger partial charge in [0.25, 0.3) is 0 Å². The molecule has 33 heavy (non-hydrogen) atoms. The molecule has 0 saturated heterocycles. The van der Waals surface area contributed by atoms with Crippen molar-refractivity contribution in [3.05, 3.63) is 69.3 Å². The number of hydrogen-bond donors (Lipinski definition) is 0. The van der Waals surface area contributed by atoms with E-state index in [0.717, 1.165) is 22.2 Å². The molecular weight excluding hydrogens is 499 g/mol. The van der Waals surface area contributed by atoms with Gasteiger partial charge in [0.15, 0.2) is 0 Å². The molecule has 0 fully saturated rings. The van der Waals surface area contributed by atoms with Crippen molar-refractivity contribution < 1.29 is 31.2 Å². The summed E-state index contributed by atoms with van der Waals surface area (Å²) in [5, 5.41) is 1.05. The lowest BCUT2D eigenvalue weighted by Crippen LogP contribution is -2.15. The topological polar surface area (TPSA) is 35.5 Å². The van der Waals surface area contributed by atoms with Crippen molar-refractivity contribution in [2.75, 3.05) is 0 Å². The molecule has 180 valence electrons. The highest BCUT2D eigenvalue weighted by atomic mass is 35.5. The Morgan fingerprint density at radius 1 is 1.03 bits per heavy atom. The molecule has 0 aliphatic rings. The van der Waals surface area contributed by atoms with Crippen molar-refractivity contribution >= 4 is 40.6 Å². The first-order chi connectivity index (χ1) is 15.3. The van der Waals surface area contributed by atoms with E-state index in [1.807, 2.05) is 12.1 Å². The molecule has 3 aromatic rings. The molecule has 3 nitrogen and oxygen atoms in total. The third kappa shape index (κ3) is 6.17. The van der Waals surface area contributed by atoms with E-state index in [0.29, 0.717) is 16.0 Å². The van der Waals surface area contributed by atoms with Crippen LogP contribution in [0.25, 0.3) is 10.1 Å². The van der Waals surface area contributed by atoms with Crippen LogP contribution in [-0.2, 0) is 26.2 Å². The molecule has 1 aromatic heterocycles. The Bertz CT molecular complexity index is 1160. The molecule has 2 aromatic carbocycles. The van der Waals surface area contributed by atoms with E-state index in [1.54, 1.807) is 39.8 Å². The molecule has 0 amide bonds. The van der Waals surface area contributed by atoms with Crippen LogP contribution in [0.5, 0.6) is 0 Å². The smallest absolute Gasteiger partial charge is 0.305 e. The van der Waals surface area contributed by atoms with E-state index < -0.39 is 43.0 Å². The molecule has 1 atom stereocenters. The highest BCUT2D eigenvalue weighted by Crippen LogP contribution is 2.66. The fourth-order valence-electron chi connectivity index (χ4n) is 3.51. The SMILES string of the molecule is CC(C)OP(=O)(OC(C)C)C(Cc1cc(F)cc(C(F)(F)F)c1)c1sc2ccccc2c1Cl. The summed E-state index contributed by atoms with van der Waals surface area (Å²) in [5.41, 5.74) is -2.14. The Balaban J connectivity index is 2.20. The van der Waals surface area contributed by atoms with Crippen molar-refractivity contribution in [2.45, 2.75) is 58.2 Å². The van der Waals surface area contributed by atoms with Gasteiger partial charge >= 0.3 is 13.8 Å². The van der Waals surface area contributed by atoms with E-state index in [4.69, 9.17) is 20.6 Å². The lowest BCUT2D eigenvalue weighted by atomic mass is 10.0. The lowest BCUT2D eigenvalue weighted by Gasteiger charge is -2.30. The molecule has 0 radical (unpaired) electrons. The second-order valence-corrected chi connectivity index (χ2v) is 11.8. The molecule has 0 aliphatic heterocycles. The average molecular weight is 523 g/mol. The minimum atomic E-state index is -4.73. The van der Waals surface area contributed by atoms with Gasteiger partial charge in [0.1, 0.15) is 11.5 Å². The van der Waals surface area contributed by atoms with Gasteiger partial charge in [-0.2, -0.15) is 13.2 Å². The molecule has 1 unspecified atom stereocenters. The van der Waals surface area contributed by atoms with Crippen molar-refractivity contribution in [1.82, 2.24) is 0 Å². The summed E-state index contributed by atoms with van der Waals surface area (Å²) in [6, 6.07) is 9.55. The van der Waals surface area contributed by atoms with Crippen LogP contribution < -0.4 is 0 Å². The number of fused-ring (bicyclic) bond motifs is 1. The minimum absolute atomic E-state index is 0.0146. The molecule has 0 bridgehead atoms. The van der Waals surface area contributed by atoms with Crippen molar-refractivity contribution in [3.8, 4) is 0 Å². The summed E-state index contributed by atoms with van der Waals surface area (Å²) < 4.78 is 80.5. The summed E-state index contributed by atoms with van der Waals surface area (Å²) in [7, 11) is -3.96. The van der Waals surface area contributed by atoms with E-state index in [-0.39, 0.29) is 12.0 Å². The Hall–Kier alpha value is -1.44. The first kappa shape index (κ1) is 26.2. The summed E-state index contributed by atoms with van der Waals surface area (Å²) in [6.07, 6.45) is -5.94. The fraction of sp³-hybridized carbons (Fsp3) is 0.391. The number of thiophene rings is 1. The number of halogens is 5. The van der Waals surface area contributed by atoms with Crippen LogP contribution in [0.4, 0.5) is 17.6 Å². The number of benzene rings is 2. The molecule has 10 heteroatoms. The number of hydrogen-bond acceptors (Lipinski definition) is 4. The van der Waals surface area contributed by atoms with E-state index in [1.165, 1.54) is 11.3 Å². The predicted octanol–water partition coefficient (Wildman–Crippen LogP) is 9.04. The van der Waals surface area contributed by atoms with E-state index >= 15 is 0 Å². The maximum absolute atomic E-state index is 14.1. The Morgan fingerprint density at radius 3 is 2.18 bits per heavy atom. The molecule has 3 rings (SSSR count). The monoisotopic (exact) mass is 522 g/mol. The van der Waals surface area contributed by atoms with Gasteiger partial charge in [0.05, 0.1) is 22.8 Å². The predicted molar refractivity (Wildman–Crippen MR) is 125 cm³/mol. The first-order valence-electron chi connectivity index (χ1n) is 10.3. The maximum Gasteiger partial charge on any atom is 0.416 e. The van der Waals surface area contributed by atoms with Gasteiger partial charge in [-0.3, -0.25) is 4.57 Å². The second-order valence-electron chi connectivity index (χ2n) is 8.19. The molecule has 0 aliphatic carbocycles. The zero-order valence-electron chi connectivity index (χ0n) is 18.5. The van der Waals surface area contributed by atoms with Crippen molar-refractivity contribution in [3.63, 3.8) is 0 Å². The Labute approximate surface area is 199 Å². The lowest BCUT2D eigenvalue weighted by molar-refractivity contribution is -0.137. The van der Waals surface area contributed by atoms with Gasteiger partial charge in [0.2, 0.25) is 0 Å². The zero-order valence-corrected chi connectivity index (χ0v) is 20.9. The zero-order chi connectivity index (χ0) is 24.6. The molecule has 0 spiro atoms. The minimum Gasteiger partial charge on any atom is -0.305 e. The van der Waals surface area contributed by atoms with Crippen LogP contribution in [0.1, 0.15) is 49.4 Å². The first-order valence-corrected chi connectivity index (χ1v) is 13.1. The number of rotatable bonds is 8.